The molecule has 0 aromatic rings. The first-order chi connectivity index (χ1) is 7.80. The van der Waals surface area contributed by atoms with Crippen molar-refractivity contribution in [3.05, 3.63) is 24.0 Å². The van der Waals surface area contributed by atoms with Crippen molar-refractivity contribution in [2.75, 3.05) is 0 Å². The highest BCUT2D eigenvalue weighted by atomic mass is 19.4. The summed E-state index contributed by atoms with van der Waals surface area (Å²) in [6.45, 7) is 3.22. The molecule has 0 saturated heterocycles. The number of alkyl carbamates (subject to hydrolysis) is 1. The molecule has 96 valence electrons. The Morgan fingerprint density at radius 1 is 1.53 bits per heavy atom. The predicted octanol–water partition coefficient (Wildman–Crippen LogP) is 2.05. The van der Waals surface area contributed by atoms with Crippen LogP contribution >= 0.6 is 0 Å². The van der Waals surface area contributed by atoms with Crippen LogP contribution in [-0.4, -0.2) is 24.4 Å². The van der Waals surface area contributed by atoms with E-state index in [1.165, 1.54) is 12.3 Å². The van der Waals surface area contributed by atoms with E-state index in [2.05, 4.69) is 10.6 Å². The summed E-state index contributed by atoms with van der Waals surface area (Å²) in [4.78, 5) is 11.2. The molecule has 0 aromatic heterocycles. The number of halogens is 3. The Labute approximate surface area is 96.5 Å². The molecule has 0 aromatic carbocycles. The summed E-state index contributed by atoms with van der Waals surface area (Å²) in [7, 11) is 0. The van der Waals surface area contributed by atoms with Gasteiger partial charge >= 0.3 is 12.3 Å². The Morgan fingerprint density at radius 3 is 2.71 bits per heavy atom. The number of carbonyl (C=O) groups excluding carboxylic acids is 1. The van der Waals surface area contributed by atoms with E-state index < -0.39 is 23.9 Å². The molecule has 17 heavy (non-hydrogen) atoms. The monoisotopic (exact) mass is 250 g/mol. The highest BCUT2D eigenvalue weighted by Crippen LogP contribution is 2.29. The molecular weight excluding hydrogens is 237 g/mol. The minimum Gasteiger partial charge on any atom is -0.447 e. The third kappa shape index (κ3) is 4.01. The zero-order chi connectivity index (χ0) is 13.1. The Morgan fingerprint density at radius 2 is 2.18 bits per heavy atom. The van der Waals surface area contributed by atoms with Crippen LogP contribution in [0.1, 0.15) is 13.8 Å². The lowest BCUT2D eigenvalue weighted by atomic mass is 10.1. The molecule has 0 saturated carbocycles. The number of hydrogen-bond acceptors (Lipinski definition) is 3. The first kappa shape index (κ1) is 13.4. The van der Waals surface area contributed by atoms with Gasteiger partial charge in [-0.15, -0.1) is 0 Å². The minimum absolute atomic E-state index is 0.390. The number of dihydropyridines is 1. The van der Waals surface area contributed by atoms with Crippen LogP contribution in [-0.2, 0) is 4.74 Å². The molecule has 1 unspecified atom stereocenters. The average Bonchev–Trinajstić information content (AvgIpc) is 2.15. The summed E-state index contributed by atoms with van der Waals surface area (Å²) in [5.74, 6) is 0. The maximum Gasteiger partial charge on any atom is 0.416 e. The van der Waals surface area contributed by atoms with Crippen molar-refractivity contribution >= 4 is 6.09 Å². The summed E-state index contributed by atoms with van der Waals surface area (Å²) in [6, 6.07) is -1.23. The molecule has 0 fully saturated rings. The van der Waals surface area contributed by atoms with Gasteiger partial charge in [0.05, 0.1) is 17.7 Å². The standard InChI is InChI=1S/C10H13F3N2O2/c1-6(2)17-9(16)15-8-3-4-14-5-7(8)10(11,12)13/h3-6,8,14H,1-2H3,(H,15,16). The molecule has 2 N–H and O–H groups in total. The fourth-order valence-corrected chi connectivity index (χ4v) is 1.24. The molecule has 0 bridgehead atoms. The smallest absolute Gasteiger partial charge is 0.416 e. The molecule has 1 aliphatic rings. The lowest BCUT2D eigenvalue weighted by Gasteiger charge is -2.23. The van der Waals surface area contributed by atoms with E-state index in [4.69, 9.17) is 4.74 Å². The molecule has 4 nitrogen and oxygen atoms in total. The summed E-state index contributed by atoms with van der Waals surface area (Å²) in [5.41, 5.74) is -0.874. The second-order valence-corrected chi connectivity index (χ2v) is 3.70. The molecular formula is C10H13F3N2O2. The Bertz CT molecular complexity index is 348. The van der Waals surface area contributed by atoms with Gasteiger partial charge in [0, 0.05) is 6.20 Å². The molecule has 1 rings (SSSR count). The molecule has 0 spiro atoms. The number of rotatable bonds is 2. The SMILES string of the molecule is CC(C)OC(=O)NC1C=CNC=C1C(F)(F)F. The van der Waals surface area contributed by atoms with E-state index in [1.807, 2.05) is 0 Å². The van der Waals surface area contributed by atoms with Gasteiger partial charge in [0.1, 0.15) is 0 Å². The van der Waals surface area contributed by atoms with Gasteiger partial charge in [0.25, 0.3) is 0 Å². The zero-order valence-electron chi connectivity index (χ0n) is 9.34. The Hall–Kier alpha value is -1.66. The first-order valence-corrected chi connectivity index (χ1v) is 4.98. The van der Waals surface area contributed by atoms with Crippen molar-refractivity contribution in [1.82, 2.24) is 10.6 Å². The maximum atomic E-state index is 12.6. The summed E-state index contributed by atoms with van der Waals surface area (Å²) >= 11 is 0. The molecule has 1 heterocycles. The van der Waals surface area contributed by atoms with Gasteiger partial charge in [-0.2, -0.15) is 13.2 Å². The van der Waals surface area contributed by atoms with E-state index >= 15 is 0 Å². The van der Waals surface area contributed by atoms with Crippen molar-refractivity contribution in [3.63, 3.8) is 0 Å². The van der Waals surface area contributed by atoms with Crippen LogP contribution in [0.25, 0.3) is 0 Å². The topological polar surface area (TPSA) is 50.4 Å². The third-order valence-corrected chi connectivity index (χ3v) is 1.90. The lowest BCUT2D eigenvalue weighted by Crippen LogP contribution is -2.42. The quantitative estimate of drug-likeness (QED) is 0.788. The van der Waals surface area contributed by atoms with Crippen molar-refractivity contribution in [3.8, 4) is 0 Å². The summed E-state index contributed by atoms with van der Waals surface area (Å²) in [6.07, 6.45) is -2.46. The normalized spacial score (nSPS) is 19.6. The molecule has 1 amide bonds. The van der Waals surface area contributed by atoms with Gasteiger partial charge in [0.2, 0.25) is 0 Å². The second-order valence-electron chi connectivity index (χ2n) is 3.70. The molecule has 0 aliphatic carbocycles. The molecule has 1 aliphatic heterocycles. The number of alkyl halides is 3. The van der Waals surface area contributed by atoms with Crippen LogP contribution in [0.5, 0.6) is 0 Å². The van der Waals surface area contributed by atoms with E-state index in [-0.39, 0.29) is 6.10 Å². The fraction of sp³-hybridized carbons (Fsp3) is 0.500. The van der Waals surface area contributed by atoms with Gasteiger partial charge in [0.15, 0.2) is 0 Å². The van der Waals surface area contributed by atoms with Crippen molar-refractivity contribution in [2.24, 2.45) is 0 Å². The fourth-order valence-electron chi connectivity index (χ4n) is 1.24. The number of ether oxygens (including phenoxy) is 1. The summed E-state index contributed by atoms with van der Waals surface area (Å²) in [5, 5.41) is 4.46. The lowest BCUT2D eigenvalue weighted by molar-refractivity contribution is -0.0956. The first-order valence-electron chi connectivity index (χ1n) is 4.98. The molecule has 1 atom stereocenters. The van der Waals surface area contributed by atoms with Crippen LogP contribution in [0, 0.1) is 0 Å². The van der Waals surface area contributed by atoms with E-state index in [0.717, 1.165) is 6.20 Å². The number of hydrogen-bond donors (Lipinski definition) is 2. The molecule has 7 heteroatoms. The van der Waals surface area contributed by atoms with Crippen LogP contribution in [0.4, 0.5) is 18.0 Å². The largest absolute Gasteiger partial charge is 0.447 e. The predicted molar refractivity (Wildman–Crippen MR) is 55.0 cm³/mol. The van der Waals surface area contributed by atoms with Gasteiger partial charge < -0.3 is 15.4 Å². The second kappa shape index (κ2) is 5.11. The van der Waals surface area contributed by atoms with Crippen molar-refractivity contribution in [1.29, 1.82) is 0 Å². The van der Waals surface area contributed by atoms with Gasteiger partial charge in [-0.1, -0.05) is 0 Å². The van der Waals surface area contributed by atoms with Crippen LogP contribution in [0.15, 0.2) is 24.0 Å². The number of nitrogens with one attached hydrogen (secondary N) is 2. The minimum atomic E-state index is -4.51. The average molecular weight is 250 g/mol. The maximum absolute atomic E-state index is 12.6. The van der Waals surface area contributed by atoms with E-state index in [9.17, 15) is 18.0 Å². The Balaban J connectivity index is 2.68. The van der Waals surface area contributed by atoms with E-state index in [1.54, 1.807) is 13.8 Å². The highest BCUT2D eigenvalue weighted by molar-refractivity contribution is 5.69. The van der Waals surface area contributed by atoms with Gasteiger partial charge in [-0.25, -0.2) is 4.79 Å². The van der Waals surface area contributed by atoms with Crippen molar-refractivity contribution in [2.45, 2.75) is 32.2 Å². The van der Waals surface area contributed by atoms with Gasteiger partial charge in [-0.3, -0.25) is 0 Å². The number of carbonyl (C=O) groups is 1. The van der Waals surface area contributed by atoms with E-state index in [0.29, 0.717) is 0 Å². The van der Waals surface area contributed by atoms with Crippen LogP contribution in [0.2, 0.25) is 0 Å². The Kier molecular flexibility index (Phi) is 4.03. The highest BCUT2D eigenvalue weighted by Gasteiger charge is 2.39. The summed E-state index contributed by atoms with van der Waals surface area (Å²) < 4.78 is 42.4. The van der Waals surface area contributed by atoms with Crippen LogP contribution in [0.3, 0.4) is 0 Å². The number of amides is 1. The van der Waals surface area contributed by atoms with Crippen LogP contribution < -0.4 is 10.6 Å². The zero-order valence-corrected chi connectivity index (χ0v) is 9.34. The van der Waals surface area contributed by atoms with Gasteiger partial charge in [-0.05, 0) is 26.1 Å². The third-order valence-electron chi connectivity index (χ3n) is 1.90. The van der Waals surface area contributed by atoms with Crippen molar-refractivity contribution < 1.29 is 22.7 Å². The molecule has 0 radical (unpaired) electrons.